The molecule has 18 heavy (non-hydrogen) atoms. The Morgan fingerprint density at radius 2 is 2.22 bits per heavy atom. The van der Waals surface area contributed by atoms with Gasteiger partial charge in [-0.15, -0.1) is 11.6 Å². The van der Waals surface area contributed by atoms with Crippen LogP contribution in [0.2, 0.25) is 0 Å². The first-order valence-electron chi connectivity index (χ1n) is 5.16. The van der Waals surface area contributed by atoms with Crippen molar-refractivity contribution in [2.75, 3.05) is 11.2 Å². The van der Waals surface area contributed by atoms with Gasteiger partial charge in [-0.05, 0) is 6.92 Å². The Kier molecular flexibility index (Phi) is 3.34. The second-order valence-corrected chi connectivity index (χ2v) is 4.14. The van der Waals surface area contributed by atoms with Gasteiger partial charge in [-0.1, -0.05) is 0 Å². The fraction of sp³-hybridized carbons (Fsp3) is 0.400. The first-order chi connectivity index (χ1) is 8.41. The number of hydrogen-bond acceptors (Lipinski definition) is 3. The maximum Gasteiger partial charge on any atom is 0.435 e. The van der Waals surface area contributed by atoms with Crippen molar-refractivity contribution in [3.8, 4) is 0 Å². The van der Waals surface area contributed by atoms with Gasteiger partial charge in [0, 0.05) is 30.4 Å². The Morgan fingerprint density at radius 3 is 2.83 bits per heavy atom. The van der Waals surface area contributed by atoms with E-state index in [2.05, 4.69) is 15.4 Å². The standard InChI is InChI=1S/C10H10ClF3N4/c1-6(5-11)16-9-7-4-8(10(12,13)14)17-18(7)3-2-15-9/h2-4,6H,5H2,1H3,(H,15,16). The van der Waals surface area contributed by atoms with E-state index in [1.165, 1.54) is 12.4 Å². The molecule has 1 N–H and O–H groups in total. The minimum Gasteiger partial charge on any atom is -0.365 e. The quantitative estimate of drug-likeness (QED) is 0.878. The molecule has 0 aliphatic heterocycles. The number of alkyl halides is 4. The highest BCUT2D eigenvalue weighted by molar-refractivity contribution is 6.18. The van der Waals surface area contributed by atoms with Crippen LogP contribution < -0.4 is 5.32 Å². The van der Waals surface area contributed by atoms with Crippen LogP contribution in [-0.2, 0) is 6.18 Å². The fourth-order valence-corrected chi connectivity index (χ4v) is 1.52. The zero-order chi connectivity index (χ0) is 13.3. The normalized spacial score (nSPS) is 13.8. The Morgan fingerprint density at radius 1 is 1.50 bits per heavy atom. The molecule has 98 valence electrons. The van der Waals surface area contributed by atoms with Crippen molar-refractivity contribution in [1.29, 1.82) is 0 Å². The predicted octanol–water partition coefficient (Wildman–Crippen LogP) is 2.79. The topological polar surface area (TPSA) is 42.2 Å². The highest BCUT2D eigenvalue weighted by Crippen LogP contribution is 2.30. The van der Waals surface area contributed by atoms with Crippen molar-refractivity contribution >= 4 is 22.9 Å². The summed E-state index contributed by atoms with van der Waals surface area (Å²) in [6, 6.07) is 0.852. The van der Waals surface area contributed by atoms with Crippen molar-refractivity contribution in [2.24, 2.45) is 0 Å². The highest BCUT2D eigenvalue weighted by atomic mass is 35.5. The van der Waals surface area contributed by atoms with Gasteiger partial charge in [-0.2, -0.15) is 18.3 Å². The molecule has 0 amide bonds. The number of rotatable bonds is 3. The van der Waals surface area contributed by atoms with Gasteiger partial charge in [-0.25, -0.2) is 9.50 Å². The summed E-state index contributed by atoms with van der Waals surface area (Å²) in [4.78, 5) is 3.99. The summed E-state index contributed by atoms with van der Waals surface area (Å²) in [6.07, 6.45) is -1.73. The maximum atomic E-state index is 12.5. The van der Waals surface area contributed by atoms with Crippen LogP contribution in [0.1, 0.15) is 12.6 Å². The summed E-state index contributed by atoms with van der Waals surface area (Å²) < 4.78 is 38.8. The summed E-state index contributed by atoms with van der Waals surface area (Å²) in [6.45, 7) is 1.80. The van der Waals surface area contributed by atoms with Crippen LogP contribution in [0.3, 0.4) is 0 Å². The van der Waals surface area contributed by atoms with Gasteiger partial charge < -0.3 is 5.32 Å². The van der Waals surface area contributed by atoms with Gasteiger partial charge >= 0.3 is 6.18 Å². The molecule has 0 aliphatic rings. The molecule has 1 atom stereocenters. The molecule has 4 nitrogen and oxygen atoms in total. The highest BCUT2D eigenvalue weighted by Gasteiger charge is 2.34. The van der Waals surface area contributed by atoms with Crippen molar-refractivity contribution in [3.05, 3.63) is 24.2 Å². The molecule has 2 aromatic rings. The van der Waals surface area contributed by atoms with E-state index in [-0.39, 0.29) is 11.6 Å². The third kappa shape index (κ3) is 2.50. The molecule has 0 spiro atoms. The van der Waals surface area contributed by atoms with Crippen LogP contribution in [0, 0.1) is 0 Å². The molecule has 0 radical (unpaired) electrons. The second-order valence-electron chi connectivity index (χ2n) is 3.83. The first kappa shape index (κ1) is 12.9. The summed E-state index contributed by atoms with van der Waals surface area (Å²) in [5, 5.41) is 6.38. The maximum absolute atomic E-state index is 12.5. The van der Waals surface area contributed by atoms with E-state index in [0.29, 0.717) is 11.7 Å². The minimum absolute atomic E-state index is 0.102. The van der Waals surface area contributed by atoms with Crippen LogP contribution in [0.15, 0.2) is 18.5 Å². The number of nitrogens with one attached hydrogen (secondary N) is 1. The van der Waals surface area contributed by atoms with Crippen molar-refractivity contribution in [1.82, 2.24) is 14.6 Å². The molecule has 0 aliphatic carbocycles. The van der Waals surface area contributed by atoms with Gasteiger partial charge in [-0.3, -0.25) is 0 Å². The Labute approximate surface area is 106 Å². The Hall–Kier alpha value is -1.50. The van der Waals surface area contributed by atoms with Crippen LogP contribution in [0.4, 0.5) is 19.0 Å². The monoisotopic (exact) mass is 278 g/mol. The average molecular weight is 279 g/mol. The molecule has 0 saturated heterocycles. The van der Waals surface area contributed by atoms with Crippen LogP contribution in [0.25, 0.3) is 5.52 Å². The summed E-state index contributed by atoms with van der Waals surface area (Å²) in [7, 11) is 0. The fourth-order valence-electron chi connectivity index (χ4n) is 1.44. The summed E-state index contributed by atoms with van der Waals surface area (Å²) in [5.74, 6) is 0.650. The lowest BCUT2D eigenvalue weighted by molar-refractivity contribution is -0.141. The van der Waals surface area contributed by atoms with E-state index >= 15 is 0 Å². The molecule has 2 rings (SSSR count). The molecular formula is C10H10ClF3N4. The third-order valence-corrected chi connectivity index (χ3v) is 2.76. The SMILES string of the molecule is CC(CCl)Nc1nccn2nc(C(F)(F)F)cc12. The van der Waals surface area contributed by atoms with Crippen molar-refractivity contribution in [3.63, 3.8) is 0 Å². The van der Waals surface area contributed by atoms with Gasteiger partial charge in [0.05, 0.1) is 0 Å². The number of fused-ring (bicyclic) bond motifs is 1. The molecule has 8 heteroatoms. The minimum atomic E-state index is -4.47. The van der Waals surface area contributed by atoms with E-state index in [4.69, 9.17) is 11.6 Å². The lowest BCUT2D eigenvalue weighted by Gasteiger charge is -2.11. The molecule has 0 bridgehead atoms. The Bertz CT molecular complexity index is 552. The van der Waals surface area contributed by atoms with Gasteiger partial charge in [0.1, 0.15) is 5.52 Å². The summed E-state index contributed by atoms with van der Waals surface area (Å²) in [5.41, 5.74) is -0.682. The largest absolute Gasteiger partial charge is 0.435 e. The molecule has 0 aromatic carbocycles. The number of halogens is 4. The smallest absolute Gasteiger partial charge is 0.365 e. The molecule has 2 heterocycles. The zero-order valence-electron chi connectivity index (χ0n) is 9.37. The van der Waals surface area contributed by atoms with E-state index in [1.54, 1.807) is 6.92 Å². The Balaban J connectivity index is 2.46. The number of anilines is 1. The number of aromatic nitrogens is 3. The van der Waals surface area contributed by atoms with Gasteiger partial charge in [0.15, 0.2) is 11.5 Å². The van der Waals surface area contributed by atoms with E-state index < -0.39 is 11.9 Å². The molecule has 2 aromatic heterocycles. The van der Waals surface area contributed by atoms with E-state index in [9.17, 15) is 13.2 Å². The van der Waals surface area contributed by atoms with E-state index in [0.717, 1.165) is 10.6 Å². The van der Waals surface area contributed by atoms with Crippen LogP contribution in [-0.4, -0.2) is 26.5 Å². The number of nitrogens with zero attached hydrogens (tertiary/aromatic N) is 3. The summed E-state index contributed by atoms with van der Waals surface area (Å²) >= 11 is 5.64. The van der Waals surface area contributed by atoms with Crippen molar-refractivity contribution in [2.45, 2.75) is 19.1 Å². The molecule has 0 saturated carbocycles. The van der Waals surface area contributed by atoms with Gasteiger partial charge in [0.2, 0.25) is 0 Å². The van der Waals surface area contributed by atoms with Crippen LogP contribution >= 0.6 is 11.6 Å². The predicted molar refractivity (Wildman–Crippen MR) is 61.8 cm³/mol. The first-order valence-corrected chi connectivity index (χ1v) is 5.69. The second kappa shape index (κ2) is 4.64. The lowest BCUT2D eigenvalue weighted by atomic mass is 10.3. The van der Waals surface area contributed by atoms with Crippen molar-refractivity contribution < 1.29 is 13.2 Å². The molecule has 0 fully saturated rings. The lowest BCUT2D eigenvalue weighted by Crippen LogP contribution is -2.17. The van der Waals surface area contributed by atoms with Gasteiger partial charge in [0.25, 0.3) is 0 Å². The van der Waals surface area contributed by atoms with E-state index in [1.807, 2.05) is 0 Å². The molecular weight excluding hydrogens is 269 g/mol. The number of hydrogen-bond donors (Lipinski definition) is 1. The third-order valence-electron chi connectivity index (χ3n) is 2.29. The van der Waals surface area contributed by atoms with Crippen LogP contribution in [0.5, 0.6) is 0 Å². The average Bonchev–Trinajstić information content (AvgIpc) is 2.73. The zero-order valence-corrected chi connectivity index (χ0v) is 10.1. The molecule has 1 unspecified atom stereocenters.